The predicted octanol–water partition coefficient (Wildman–Crippen LogP) is 10.9. The van der Waals surface area contributed by atoms with E-state index in [1.54, 1.807) is 24.3 Å². The van der Waals surface area contributed by atoms with Crippen molar-refractivity contribution in [1.82, 2.24) is 0 Å². The molecule has 0 fully saturated rings. The molecule has 0 bridgehead atoms. The first-order valence-corrected chi connectivity index (χ1v) is 12.5. The Morgan fingerprint density at radius 3 is 1.62 bits per heavy atom. The van der Waals surface area contributed by atoms with Crippen LogP contribution in [0.5, 0.6) is 0 Å². The van der Waals surface area contributed by atoms with Gasteiger partial charge < -0.3 is 4.42 Å². The topological polar surface area (TPSA) is 13.1 Å². The van der Waals surface area contributed by atoms with Crippen LogP contribution in [0.1, 0.15) is 13.7 Å². The number of hydrogen-bond donors (Lipinski definition) is 0. The maximum atomic E-state index is 8.78. The Hall–Kier alpha value is -5.14. The molecular formula is C38H24O. The molecule has 0 spiro atoms. The normalized spacial score (nSPS) is 15.2. The fourth-order valence-corrected chi connectivity index (χ4v) is 5.56. The van der Waals surface area contributed by atoms with Crippen molar-refractivity contribution in [2.24, 2.45) is 0 Å². The Kier molecular flexibility index (Phi) is 3.16. The number of benzene rings is 7. The molecule has 0 aliphatic carbocycles. The fourth-order valence-electron chi connectivity index (χ4n) is 5.56. The van der Waals surface area contributed by atoms with Gasteiger partial charge in [0.25, 0.3) is 0 Å². The molecule has 7 aromatic carbocycles. The van der Waals surface area contributed by atoms with Crippen molar-refractivity contribution < 1.29 is 18.1 Å². The zero-order valence-electron chi connectivity index (χ0n) is 30.5. The van der Waals surface area contributed by atoms with Crippen LogP contribution in [-0.2, 0) is 0 Å². The van der Waals surface area contributed by atoms with Gasteiger partial charge in [-0.05, 0) is 79.2 Å². The van der Waals surface area contributed by atoms with Crippen molar-refractivity contribution >= 4 is 43.5 Å². The molecule has 8 rings (SSSR count). The van der Waals surface area contributed by atoms with Crippen LogP contribution in [0.25, 0.3) is 76.9 Å². The van der Waals surface area contributed by atoms with Crippen LogP contribution in [0.3, 0.4) is 0 Å². The summed E-state index contributed by atoms with van der Waals surface area (Å²) in [6.07, 6.45) is 0. The highest BCUT2D eigenvalue weighted by atomic mass is 16.3. The molecule has 0 radical (unpaired) electrons. The van der Waals surface area contributed by atoms with Gasteiger partial charge in [-0.25, -0.2) is 0 Å². The Labute approximate surface area is 240 Å². The van der Waals surface area contributed by atoms with Crippen LogP contribution in [-0.4, -0.2) is 0 Å². The summed E-state index contributed by atoms with van der Waals surface area (Å²) in [6.45, 7) is 0. The highest BCUT2D eigenvalue weighted by Crippen LogP contribution is 2.44. The van der Waals surface area contributed by atoms with Crippen LogP contribution in [0, 0.1) is 0 Å². The summed E-state index contributed by atoms with van der Waals surface area (Å²) in [5, 5.41) is 4.49. The lowest BCUT2D eigenvalue weighted by Crippen LogP contribution is -1.90. The third-order valence-electron chi connectivity index (χ3n) is 7.25. The molecule has 39 heavy (non-hydrogen) atoms. The predicted molar refractivity (Wildman–Crippen MR) is 165 cm³/mol. The molecule has 8 aromatic rings. The average Bonchev–Trinajstić information content (AvgIpc) is 3.49. The van der Waals surface area contributed by atoms with Gasteiger partial charge in [0.15, 0.2) is 0 Å². The van der Waals surface area contributed by atoms with Gasteiger partial charge >= 0.3 is 0 Å². The Morgan fingerprint density at radius 2 is 0.974 bits per heavy atom. The fraction of sp³-hybridized carbons (Fsp3) is 0. The third-order valence-corrected chi connectivity index (χ3v) is 7.25. The van der Waals surface area contributed by atoms with Gasteiger partial charge in [-0.2, -0.15) is 0 Å². The van der Waals surface area contributed by atoms with Crippen LogP contribution >= 0.6 is 0 Å². The first-order valence-electron chi connectivity index (χ1n) is 17.5. The Morgan fingerprint density at radius 1 is 0.410 bits per heavy atom. The Balaban J connectivity index is 1.55. The van der Waals surface area contributed by atoms with Gasteiger partial charge in [0.2, 0.25) is 0 Å². The average molecular weight is 507 g/mol. The van der Waals surface area contributed by atoms with Gasteiger partial charge in [-0.15, -0.1) is 0 Å². The van der Waals surface area contributed by atoms with E-state index in [1.807, 2.05) is 60.7 Å². The van der Waals surface area contributed by atoms with Gasteiger partial charge in [-0.1, -0.05) is 121 Å². The second kappa shape index (κ2) is 8.72. The molecule has 1 heteroatoms. The second-order valence-electron chi connectivity index (χ2n) is 9.36. The third kappa shape index (κ3) is 3.48. The summed E-state index contributed by atoms with van der Waals surface area (Å²) in [5.74, 6) is 0. The highest BCUT2D eigenvalue weighted by molar-refractivity contribution is 6.19. The largest absolute Gasteiger partial charge is 0.456 e. The molecule has 0 aliphatic rings. The summed E-state index contributed by atoms with van der Waals surface area (Å²) in [7, 11) is 0. The molecule has 0 unspecified atom stereocenters. The summed E-state index contributed by atoms with van der Waals surface area (Å²) in [5.41, 5.74) is 3.80. The Bertz CT molecular complexity index is 2540. The summed E-state index contributed by atoms with van der Waals surface area (Å²) >= 11 is 0. The minimum Gasteiger partial charge on any atom is -0.456 e. The van der Waals surface area contributed by atoms with E-state index in [2.05, 4.69) is 0 Å². The lowest BCUT2D eigenvalue weighted by atomic mass is 9.86. The number of hydrogen-bond acceptors (Lipinski definition) is 1. The molecule has 0 amide bonds. The monoisotopic (exact) mass is 506 g/mol. The zero-order chi connectivity index (χ0) is 34.5. The first-order chi connectivity index (χ1) is 23.5. The standard InChI is InChI=1S/C38H24O/c1-3-11-25(12-4-1)28-16-9-18-32-34(28)24-35-29(26-13-5-2-6-14-26)17-10-19-33(35)38(32)27-21-22-31-30-15-7-8-20-36(30)39-37(31)23-27/h1-24H/i1D,2D,3D,4D,5D,6D,11D,12D,13D,14D. The SMILES string of the molecule is [2H]c1c([2H])c([2H])c(-c2cccc3c(-c4ccc5c(c4)oc4ccccc45)c4cccc(-c5c([2H])c([2H])c([2H])c([2H])c5[2H])c4cc23)c([2H])c1[2H]. The maximum Gasteiger partial charge on any atom is 0.136 e. The van der Waals surface area contributed by atoms with E-state index in [0.717, 1.165) is 38.3 Å². The lowest BCUT2D eigenvalue weighted by molar-refractivity contribution is 0.669. The van der Waals surface area contributed by atoms with E-state index >= 15 is 0 Å². The molecule has 0 saturated carbocycles. The lowest BCUT2D eigenvalue weighted by Gasteiger charge is -2.17. The summed E-state index contributed by atoms with van der Waals surface area (Å²) < 4.78 is 91.1. The van der Waals surface area contributed by atoms with Crippen molar-refractivity contribution in [3.8, 4) is 33.4 Å². The van der Waals surface area contributed by atoms with Gasteiger partial charge in [-0.3, -0.25) is 0 Å². The van der Waals surface area contributed by atoms with Crippen LogP contribution in [0.4, 0.5) is 0 Å². The van der Waals surface area contributed by atoms with E-state index in [4.69, 9.17) is 18.1 Å². The molecule has 1 nitrogen and oxygen atoms in total. The molecule has 0 saturated heterocycles. The van der Waals surface area contributed by atoms with E-state index in [-0.39, 0.29) is 35.3 Å². The van der Waals surface area contributed by atoms with E-state index in [9.17, 15) is 0 Å². The molecular weight excluding hydrogens is 472 g/mol. The van der Waals surface area contributed by atoms with Crippen molar-refractivity contribution in [3.05, 3.63) is 145 Å². The van der Waals surface area contributed by atoms with Crippen molar-refractivity contribution in [2.45, 2.75) is 0 Å². The summed E-state index contributed by atoms with van der Waals surface area (Å²) in [4.78, 5) is 0. The smallest absolute Gasteiger partial charge is 0.136 e. The van der Waals surface area contributed by atoms with Gasteiger partial charge in [0, 0.05) is 10.8 Å². The number of furan rings is 1. The van der Waals surface area contributed by atoms with E-state index < -0.39 is 36.3 Å². The first kappa shape index (κ1) is 14.1. The number of para-hydroxylation sites is 1. The van der Waals surface area contributed by atoms with Gasteiger partial charge in [0.05, 0.1) is 13.7 Å². The number of rotatable bonds is 3. The highest BCUT2D eigenvalue weighted by Gasteiger charge is 2.17. The quantitative estimate of drug-likeness (QED) is 0.217. The summed E-state index contributed by atoms with van der Waals surface area (Å²) in [6, 6.07) is 22.1. The zero-order valence-corrected chi connectivity index (χ0v) is 20.5. The van der Waals surface area contributed by atoms with E-state index in [0.29, 0.717) is 27.5 Å². The molecule has 0 aliphatic heterocycles. The maximum absolute atomic E-state index is 8.78. The molecule has 182 valence electrons. The molecule has 0 N–H and O–H groups in total. The van der Waals surface area contributed by atoms with Crippen LogP contribution < -0.4 is 0 Å². The number of fused-ring (bicyclic) bond motifs is 5. The van der Waals surface area contributed by atoms with Crippen LogP contribution in [0.2, 0.25) is 0 Å². The molecule has 1 heterocycles. The second-order valence-corrected chi connectivity index (χ2v) is 9.36. The minimum atomic E-state index is -0.493. The molecule has 0 atom stereocenters. The van der Waals surface area contributed by atoms with Gasteiger partial charge in [0.1, 0.15) is 11.2 Å². The van der Waals surface area contributed by atoms with Crippen molar-refractivity contribution in [2.75, 3.05) is 0 Å². The van der Waals surface area contributed by atoms with Crippen molar-refractivity contribution in [3.63, 3.8) is 0 Å². The van der Waals surface area contributed by atoms with Crippen molar-refractivity contribution in [1.29, 1.82) is 0 Å². The van der Waals surface area contributed by atoms with E-state index in [1.165, 1.54) is 0 Å². The molecule has 1 aromatic heterocycles. The van der Waals surface area contributed by atoms with Crippen LogP contribution in [0.15, 0.2) is 150 Å². The minimum absolute atomic E-state index is 0.0370.